The molecule has 0 unspecified atom stereocenters. The van der Waals surface area contributed by atoms with Crippen LogP contribution in [-0.2, 0) is 0 Å². The molecule has 50 valence electrons. The minimum absolute atomic E-state index is 0.712. The monoisotopic (exact) mass is 133 g/mol. The summed E-state index contributed by atoms with van der Waals surface area (Å²) in [7, 11) is 0. The quantitative estimate of drug-likeness (QED) is 0.532. The normalized spacial score (nSPS) is 15.6. The highest BCUT2D eigenvalue weighted by molar-refractivity contribution is 5.33. The molecule has 1 aromatic heterocycles. The molecule has 1 aromatic rings. The first-order valence-corrected chi connectivity index (χ1v) is 3.28. The van der Waals surface area contributed by atoms with Crippen molar-refractivity contribution in [3.63, 3.8) is 0 Å². The van der Waals surface area contributed by atoms with E-state index in [0.717, 1.165) is 12.0 Å². The van der Waals surface area contributed by atoms with Crippen molar-refractivity contribution in [1.29, 1.82) is 0 Å². The van der Waals surface area contributed by atoms with Gasteiger partial charge in [0, 0.05) is 18.2 Å². The van der Waals surface area contributed by atoms with Gasteiger partial charge in [-0.3, -0.25) is 0 Å². The van der Waals surface area contributed by atoms with Crippen molar-refractivity contribution < 1.29 is 4.74 Å². The van der Waals surface area contributed by atoms with Crippen LogP contribution in [0.5, 0.6) is 5.88 Å². The average molecular weight is 133 g/mol. The van der Waals surface area contributed by atoms with Crippen LogP contribution >= 0.6 is 0 Å². The second-order valence-electron chi connectivity index (χ2n) is 2.13. The van der Waals surface area contributed by atoms with Gasteiger partial charge < -0.3 is 4.74 Å². The molecule has 2 heteroatoms. The first-order chi connectivity index (χ1) is 4.97. The summed E-state index contributed by atoms with van der Waals surface area (Å²) in [5.41, 5.74) is 0.994. The van der Waals surface area contributed by atoms with Gasteiger partial charge in [-0.25, -0.2) is 4.98 Å². The van der Waals surface area contributed by atoms with Gasteiger partial charge in [0.1, 0.15) is 0 Å². The maximum absolute atomic E-state index is 5.25. The van der Waals surface area contributed by atoms with E-state index in [-0.39, 0.29) is 0 Å². The highest BCUT2D eigenvalue weighted by Crippen LogP contribution is 2.21. The predicted octanol–water partition coefficient (Wildman–Crippen LogP) is 1.29. The molecule has 0 spiro atoms. The molecule has 1 aliphatic rings. The standard InChI is InChI=1S/C8H7NO/c1-3-7-4-2-6-10-8(7)9-5-1/h1,3,5H,2,6H2. The van der Waals surface area contributed by atoms with Crippen LogP contribution in [0.1, 0.15) is 12.0 Å². The Bertz CT molecular complexity index is 209. The Balaban J connectivity index is 2.41. The van der Waals surface area contributed by atoms with Crippen molar-refractivity contribution in [3.8, 4) is 5.88 Å². The van der Waals surface area contributed by atoms with Crippen molar-refractivity contribution in [2.24, 2.45) is 0 Å². The minimum atomic E-state index is 0.712. The van der Waals surface area contributed by atoms with Crippen LogP contribution in [0.3, 0.4) is 0 Å². The van der Waals surface area contributed by atoms with Gasteiger partial charge >= 0.3 is 0 Å². The number of rotatable bonds is 0. The van der Waals surface area contributed by atoms with Crippen LogP contribution in [0.25, 0.3) is 0 Å². The van der Waals surface area contributed by atoms with E-state index in [1.54, 1.807) is 6.20 Å². The fraction of sp³-hybridized carbons (Fsp3) is 0.250. The molecule has 0 saturated heterocycles. The Morgan fingerprint density at radius 2 is 2.60 bits per heavy atom. The van der Waals surface area contributed by atoms with E-state index in [2.05, 4.69) is 11.4 Å². The first-order valence-electron chi connectivity index (χ1n) is 3.28. The lowest BCUT2D eigenvalue weighted by Crippen LogP contribution is -2.07. The van der Waals surface area contributed by atoms with E-state index in [0.29, 0.717) is 12.5 Å². The third-order valence-electron chi connectivity index (χ3n) is 1.43. The molecular weight excluding hydrogens is 126 g/mol. The number of hydrogen-bond donors (Lipinski definition) is 0. The smallest absolute Gasteiger partial charge is 0.217 e. The number of hydrogen-bond acceptors (Lipinski definition) is 2. The fourth-order valence-electron chi connectivity index (χ4n) is 0.974. The van der Waals surface area contributed by atoms with Crippen molar-refractivity contribution in [2.45, 2.75) is 6.42 Å². The molecule has 2 heterocycles. The second-order valence-corrected chi connectivity index (χ2v) is 2.13. The summed E-state index contributed by atoms with van der Waals surface area (Å²) in [5, 5.41) is 0. The number of pyridine rings is 1. The Morgan fingerprint density at radius 1 is 1.60 bits per heavy atom. The maximum Gasteiger partial charge on any atom is 0.217 e. The van der Waals surface area contributed by atoms with Gasteiger partial charge in [0.2, 0.25) is 5.88 Å². The maximum atomic E-state index is 5.25. The molecule has 1 aliphatic heterocycles. The van der Waals surface area contributed by atoms with Crippen molar-refractivity contribution in [2.75, 3.05) is 6.61 Å². The highest BCUT2D eigenvalue weighted by Gasteiger charge is 2.09. The van der Waals surface area contributed by atoms with Gasteiger partial charge in [-0.05, 0) is 12.5 Å². The van der Waals surface area contributed by atoms with E-state index < -0.39 is 0 Å². The van der Waals surface area contributed by atoms with Crippen LogP contribution in [0.4, 0.5) is 0 Å². The van der Waals surface area contributed by atoms with Crippen LogP contribution in [0.2, 0.25) is 0 Å². The molecule has 0 fully saturated rings. The third kappa shape index (κ3) is 0.856. The lowest BCUT2D eigenvalue weighted by atomic mass is 10.1. The molecule has 0 amide bonds. The number of aromatic nitrogens is 1. The number of ether oxygens (including phenoxy) is 1. The molecule has 0 saturated carbocycles. The predicted molar refractivity (Wildman–Crippen MR) is 36.7 cm³/mol. The summed E-state index contributed by atoms with van der Waals surface area (Å²) in [5.74, 6) is 0.716. The van der Waals surface area contributed by atoms with Gasteiger partial charge in [0.15, 0.2) is 0 Å². The molecule has 10 heavy (non-hydrogen) atoms. The molecular formula is C8H7NO. The van der Waals surface area contributed by atoms with Crippen molar-refractivity contribution >= 4 is 0 Å². The summed E-state index contributed by atoms with van der Waals surface area (Å²) < 4.78 is 5.25. The summed E-state index contributed by atoms with van der Waals surface area (Å²) in [6.45, 7) is 0.712. The SMILES string of the molecule is [C]1CCOc2ncccc21. The summed E-state index contributed by atoms with van der Waals surface area (Å²) >= 11 is 0. The van der Waals surface area contributed by atoms with Gasteiger partial charge in [-0.2, -0.15) is 0 Å². The van der Waals surface area contributed by atoms with Crippen LogP contribution in [-0.4, -0.2) is 11.6 Å². The van der Waals surface area contributed by atoms with Gasteiger partial charge in [0.25, 0.3) is 0 Å². The number of nitrogens with zero attached hydrogens (tertiary/aromatic N) is 1. The lowest BCUT2D eigenvalue weighted by molar-refractivity contribution is 0.294. The Hall–Kier alpha value is -1.05. The largest absolute Gasteiger partial charge is 0.477 e. The van der Waals surface area contributed by atoms with Gasteiger partial charge in [0.05, 0.1) is 6.61 Å². The minimum Gasteiger partial charge on any atom is -0.477 e. The summed E-state index contributed by atoms with van der Waals surface area (Å²) in [4.78, 5) is 4.03. The Kier molecular flexibility index (Phi) is 1.31. The van der Waals surface area contributed by atoms with E-state index >= 15 is 0 Å². The van der Waals surface area contributed by atoms with Crippen LogP contribution in [0.15, 0.2) is 18.3 Å². The Morgan fingerprint density at radius 3 is 3.50 bits per heavy atom. The zero-order valence-electron chi connectivity index (χ0n) is 5.50. The summed E-state index contributed by atoms with van der Waals surface area (Å²) in [6.07, 6.45) is 5.78. The van der Waals surface area contributed by atoms with Crippen LogP contribution in [0, 0.1) is 6.42 Å². The van der Waals surface area contributed by atoms with E-state index in [4.69, 9.17) is 4.74 Å². The van der Waals surface area contributed by atoms with Crippen molar-refractivity contribution in [3.05, 3.63) is 30.3 Å². The van der Waals surface area contributed by atoms with E-state index in [9.17, 15) is 0 Å². The molecule has 2 rings (SSSR count). The third-order valence-corrected chi connectivity index (χ3v) is 1.43. The zero-order chi connectivity index (χ0) is 6.81. The highest BCUT2D eigenvalue weighted by atomic mass is 16.5. The molecule has 0 aromatic carbocycles. The topological polar surface area (TPSA) is 22.1 Å². The van der Waals surface area contributed by atoms with E-state index in [1.807, 2.05) is 12.1 Å². The molecule has 0 atom stereocenters. The molecule has 0 N–H and O–H groups in total. The Labute approximate surface area is 59.9 Å². The molecule has 0 aliphatic carbocycles. The van der Waals surface area contributed by atoms with E-state index in [1.165, 1.54) is 0 Å². The van der Waals surface area contributed by atoms with Crippen molar-refractivity contribution in [1.82, 2.24) is 4.98 Å². The molecule has 0 bridgehead atoms. The lowest BCUT2D eigenvalue weighted by Gasteiger charge is -2.13. The van der Waals surface area contributed by atoms with Crippen LogP contribution < -0.4 is 4.74 Å². The second kappa shape index (κ2) is 2.29. The average Bonchev–Trinajstić information content (AvgIpc) is 2.05. The van der Waals surface area contributed by atoms with Gasteiger partial charge in [-0.15, -0.1) is 0 Å². The van der Waals surface area contributed by atoms with Gasteiger partial charge in [-0.1, -0.05) is 6.07 Å². The number of fused-ring (bicyclic) bond motifs is 1. The zero-order valence-corrected chi connectivity index (χ0v) is 5.50. The fourth-order valence-corrected chi connectivity index (χ4v) is 0.974. The summed E-state index contributed by atoms with van der Waals surface area (Å²) in [6, 6.07) is 3.85. The first kappa shape index (κ1) is 5.71. The molecule has 2 radical (unpaired) electrons. The molecule has 2 nitrogen and oxygen atoms in total.